The van der Waals surface area contributed by atoms with E-state index in [1.807, 2.05) is 13.0 Å². The van der Waals surface area contributed by atoms with Crippen LogP contribution in [0.5, 0.6) is 0 Å². The summed E-state index contributed by atoms with van der Waals surface area (Å²) in [5.41, 5.74) is 2.87. The Morgan fingerprint density at radius 2 is 2.19 bits per heavy atom. The number of para-hydroxylation sites is 1. The number of benzene rings is 1. The number of halogens is 1. The summed E-state index contributed by atoms with van der Waals surface area (Å²) < 4.78 is 13.5. The van der Waals surface area contributed by atoms with E-state index in [1.165, 1.54) is 11.6 Å². The van der Waals surface area contributed by atoms with Crippen LogP contribution in [0.25, 0.3) is 0 Å². The molecular formula is C13H14FNS. The van der Waals surface area contributed by atoms with Gasteiger partial charge in [-0.1, -0.05) is 12.1 Å². The molecule has 2 rings (SSSR count). The molecule has 16 heavy (non-hydrogen) atoms. The molecule has 0 saturated carbocycles. The Kier molecular flexibility index (Phi) is 3.57. The summed E-state index contributed by atoms with van der Waals surface area (Å²) in [6.07, 6.45) is 0.928. The lowest BCUT2D eigenvalue weighted by atomic mass is 10.2. The van der Waals surface area contributed by atoms with Crippen LogP contribution in [0.3, 0.4) is 0 Å². The maximum Gasteiger partial charge on any atom is 0.146 e. The van der Waals surface area contributed by atoms with Crippen molar-refractivity contribution in [3.8, 4) is 0 Å². The van der Waals surface area contributed by atoms with E-state index in [9.17, 15) is 4.39 Å². The fraction of sp³-hybridized carbons (Fsp3) is 0.231. The van der Waals surface area contributed by atoms with Gasteiger partial charge in [0.2, 0.25) is 0 Å². The Morgan fingerprint density at radius 1 is 1.31 bits per heavy atom. The van der Waals surface area contributed by atoms with E-state index in [0.717, 1.165) is 18.5 Å². The highest BCUT2D eigenvalue weighted by Gasteiger charge is 2.03. The van der Waals surface area contributed by atoms with Gasteiger partial charge in [0.25, 0.3) is 0 Å². The van der Waals surface area contributed by atoms with Gasteiger partial charge in [-0.3, -0.25) is 0 Å². The molecule has 0 radical (unpaired) electrons. The van der Waals surface area contributed by atoms with Crippen LogP contribution < -0.4 is 5.32 Å². The van der Waals surface area contributed by atoms with Crippen molar-refractivity contribution in [3.63, 3.8) is 0 Å². The number of hydrogen-bond acceptors (Lipinski definition) is 2. The Balaban J connectivity index is 1.95. The van der Waals surface area contributed by atoms with Gasteiger partial charge in [-0.05, 0) is 47.4 Å². The molecule has 0 fully saturated rings. The predicted octanol–water partition coefficient (Wildman–Crippen LogP) is 3.85. The number of aryl methyl sites for hydroxylation is 1. The van der Waals surface area contributed by atoms with E-state index in [1.54, 1.807) is 17.4 Å². The number of thiophene rings is 1. The molecule has 0 aliphatic rings. The summed E-state index contributed by atoms with van der Waals surface area (Å²) in [4.78, 5) is 0. The minimum atomic E-state index is -0.176. The molecular weight excluding hydrogens is 221 g/mol. The first kappa shape index (κ1) is 11.1. The molecule has 0 atom stereocenters. The molecule has 1 N–H and O–H groups in total. The topological polar surface area (TPSA) is 12.0 Å². The molecule has 0 unspecified atom stereocenters. The molecule has 0 saturated heterocycles. The summed E-state index contributed by atoms with van der Waals surface area (Å²) in [5.74, 6) is -0.176. The van der Waals surface area contributed by atoms with Crippen molar-refractivity contribution in [2.45, 2.75) is 13.3 Å². The number of rotatable bonds is 4. The van der Waals surface area contributed by atoms with Gasteiger partial charge in [-0.15, -0.1) is 0 Å². The van der Waals surface area contributed by atoms with E-state index < -0.39 is 0 Å². The number of anilines is 1. The van der Waals surface area contributed by atoms with Gasteiger partial charge in [0.1, 0.15) is 5.82 Å². The van der Waals surface area contributed by atoms with Gasteiger partial charge in [0.15, 0.2) is 0 Å². The number of hydrogen-bond donors (Lipinski definition) is 1. The van der Waals surface area contributed by atoms with Gasteiger partial charge in [-0.25, -0.2) is 4.39 Å². The Hall–Kier alpha value is -1.35. The third-order valence-corrected chi connectivity index (χ3v) is 3.25. The standard InChI is InChI=1S/C13H14FNS/c1-10-3-2-4-12(14)13(10)15-7-5-11-6-8-16-9-11/h2-4,6,8-9,15H,5,7H2,1H3. The first-order valence-corrected chi connectivity index (χ1v) is 6.22. The molecule has 0 amide bonds. The maximum absolute atomic E-state index is 13.5. The second-order valence-corrected chi connectivity index (χ2v) is 4.52. The summed E-state index contributed by atoms with van der Waals surface area (Å²) in [5, 5.41) is 7.33. The van der Waals surface area contributed by atoms with Crippen LogP contribution in [0.2, 0.25) is 0 Å². The van der Waals surface area contributed by atoms with Crippen molar-refractivity contribution in [1.29, 1.82) is 0 Å². The third kappa shape index (κ3) is 2.61. The zero-order valence-corrected chi connectivity index (χ0v) is 9.98. The largest absolute Gasteiger partial charge is 0.382 e. The molecule has 0 aliphatic heterocycles. The Morgan fingerprint density at radius 3 is 2.88 bits per heavy atom. The van der Waals surface area contributed by atoms with Crippen molar-refractivity contribution in [2.75, 3.05) is 11.9 Å². The van der Waals surface area contributed by atoms with Crippen LogP contribution >= 0.6 is 11.3 Å². The highest BCUT2D eigenvalue weighted by molar-refractivity contribution is 7.07. The van der Waals surface area contributed by atoms with Crippen molar-refractivity contribution < 1.29 is 4.39 Å². The minimum Gasteiger partial charge on any atom is -0.382 e. The second kappa shape index (κ2) is 5.12. The monoisotopic (exact) mass is 235 g/mol. The summed E-state index contributed by atoms with van der Waals surface area (Å²) in [7, 11) is 0. The zero-order chi connectivity index (χ0) is 11.4. The van der Waals surface area contributed by atoms with Crippen LogP contribution in [0.1, 0.15) is 11.1 Å². The molecule has 0 bridgehead atoms. The van der Waals surface area contributed by atoms with Crippen LogP contribution in [-0.2, 0) is 6.42 Å². The van der Waals surface area contributed by atoms with Gasteiger partial charge >= 0.3 is 0 Å². The summed E-state index contributed by atoms with van der Waals surface area (Å²) in [6.45, 7) is 2.68. The molecule has 0 aliphatic carbocycles. The molecule has 84 valence electrons. The Labute approximate surface area is 98.9 Å². The van der Waals surface area contributed by atoms with E-state index in [0.29, 0.717) is 5.69 Å². The molecule has 1 heterocycles. The van der Waals surface area contributed by atoms with Gasteiger partial charge in [0.05, 0.1) is 5.69 Å². The highest BCUT2D eigenvalue weighted by atomic mass is 32.1. The SMILES string of the molecule is Cc1cccc(F)c1NCCc1ccsc1. The quantitative estimate of drug-likeness (QED) is 0.848. The van der Waals surface area contributed by atoms with E-state index in [-0.39, 0.29) is 5.82 Å². The van der Waals surface area contributed by atoms with Gasteiger partial charge < -0.3 is 5.32 Å². The van der Waals surface area contributed by atoms with Crippen LogP contribution in [-0.4, -0.2) is 6.54 Å². The Bertz CT molecular complexity index is 431. The van der Waals surface area contributed by atoms with Gasteiger partial charge in [-0.2, -0.15) is 11.3 Å². The summed E-state index contributed by atoms with van der Waals surface area (Å²) >= 11 is 1.69. The normalized spacial score (nSPS) is 10.4. The lowest BCUT2D eigenvalue weighted by Gasteiger charge is -2.09. The molecule has 1 nitrogen and oxygen atoms in total. The van der Waals surface area contributed by atoms with Crippen molar-refractivity contribution in [2.24, 2.45) is 0 Å². The second-order valence-electron chi connectivity index (χ2n) is 3.74. The average Bonchev–Trinajstić information content (AvgIpc) is 2.75. The average molecular weight is 235 g/mol. The zero-order valence-electron chi connectivity index (χ0n) is 9.16. The van der Waals surface area contributed by atoms with Crippen molar-refractivity contribution >= 4 is 17.0 Å². The van der Waals surface area contributed by atoms with Gasteiger partial charge in [0, 0.05) is 6.54 Å². The lowest BCUT2D eigenvalue weighted by molar-refractivity contribution is 0.629. The smallest absolute Gasteiger partial charge is 0.146 e. The fourth-order valence-corrected chi connectivity index (χ4v) is 2.33. The minimum absolute atomic E-state index is 0.176. The van der Waals surface area contributed by atoms with Crippen LogP contribution in [0, 0.1) is 12.7 Å². The summed E-state index contributed by atoms with van der Waals surface area (Å²) in [6, 6.07) is 7.23. The molecule has 0 spiro atoms. The first-order chi connectivity index (χ1) is 7.77. The molecule has 1 aromatic carbocycles. The van der Waals surface area contributed by atoms with Crippen LogP contribution in [0.4, 0.5) is 10.1 Å². The maximum atomic E-state index is 13.5. The third-order valence-electron chi connectivity index (χ3n) is 2.52. The van der Waals surface area contributed by atoms with Crippen molar-refractivity contribution in [3.05, 3.63) is 52.0 Å². The molecule has 1 aromatic heterocycles. The van der Waals surface area contributed by atoms with E-state index in [2.05, 4.69) is 22.1 Å². The van der Waals surface area contributed by atoms with Crippen molar-refractivity contribution in [1.82, 2.24) is 0 Å². The lowest BCUT2D eigenvalue weighted by Crippen LogP contribution is -2.07. The van der Waals surface area contributed by atoms with Crippen LogP contribution in [0.15, 0.2) is 35.0 Å². The number of nitrogens with one attached hydrogen (secondary N) is 1. The molecule has 2 aromatic rings. The first-order valence-electron chi connectivity index (χ1n) is 5.27. The molecule has 3 heteroatoms. The van der Waals surface area contributed by atoms with E-state index >= 15 is 0 Å². The van der Waals surface area contributed by atoms with E-state index in [4.69, 9.17) is 0 Å². The fourth-order valence-electron chi connectivity index (χ4n) is 1.62. The highest BCUT2D eigenvalue weighted by Crippen LogP contribution is 2.18. The predicted molar refractivity (Wildman–Crippen MR) is 67.6 cm³/mol.